The number of carboxylic acids is 1. The van der Waals surface area contributed by atoms with Gasteiger partial charge in [-0.3, -0.25) is 0 Å². The van der Waals surface area contributed by atoms with Gasteiger partial charge in [-0.1, -0.05) is 23.8 Å². The molecule has 0 bridgehead atoms. The van der Waals surface area contributed by atoms with Crippen molar-refractivity contribution in [2.75, 3.05) is 7.11 Å². The quantitative estimate of drug-likeness (QED) is 0.883. The van der Waals surface area contributed by atoms with E-state index in [0.29, 0.717) is 11.5 Å². The predicted octanol–water partition coefficient (Wildman–Crippen LogP) is 3.70. The first kappa shape index (κ1) is 16.9. The Kier molecular flexibility index (Phi) is 5.27. The van der Waals surface area contributed by atoms with Gasteiger partial charge in [0.25, 0.3) is 0 Å². The summed E-state index contributed by atoms with van der Waals surface area (Å²) >= 11 is 0. The lowest BCUT2D eigenvalue weighted by molar-refractivity contribution is -0.145. The maximum Gasteiger partial charge on any atom is 0.345 e. The first-order chi connectivity index (χ1) is 10.9. The molecule has 1 atom stereocenters. The van der Waals surface area contributed by atoms with E-state index in [2.05, 4.69) is 0 Å². The molecule has 0 spiro atoms. The average molecular weight is 314 g/mol. The Morgan fingerprint density at radius 3 is 2.26 bits per heavy atom. The monoisotopic (exact) mass is 314 g/mol. The lowest BCUT2D eigenvalue weighted by Crippen LogP contribution is -2.29. The molecule has 0 saturated heterocycles. The summed E-state index contributed by atoms with van der Waals surface area (Å²) in [6, 6.07) is 11.4. The normalized spacial score (nSPS) is 11.8. The topological polar surface area (TPSA) is 55.8 Å². The van der Waals surface area contributed by atoms with Gasteiger partial charge in [0.1, 0.15) is 11.5 Å². The summed E-state index contributed by atoms with van der Waals surface area (Å²) in [7, 11) is 1.58. The molecular weight excluding hydrogens is 292 g/mol. The molecule has 0 heterocycles. The molecule has 0 saturated carbocycles. The Hall–Kier alpha value is -2.49. The molecule has 0 aliphatic rings. The van der Waals surface area contributed by atoms with Crippen LogP contribution in [0.5, 0.6) is 11.5 Å². The van der Waals surface area contributed by atoms with Gasteiger partial charge in [0.2, 0.25) is 0 Å². The van der Waals surface area contributed by atoms with Gasteiger partial charge in [-0.25, -0.2) is 4.79 Å². The second-order valence-corrected chi connectivity index (χ2v) is 5.79. The molecule has 2 aromatic carbocycles. The molecule has 4 heteroatoms. The predicted molar refractivity (Wildman–Crippen MR) is 89.4 cm³/mol. The number of benzene rings is 2. The molecule has 4 nitrogen and oxygen atoms in total. The van der Waals surface area contributed by atoms with E-state index in [4.69, 9.17) is 9.47 Å². The summed E-state index contributed by atoms with van der Waals surface area (Å²) in [5.41, 5.74) is 3.95. The molecule has 0 fully saturated rings. The largest absolute Gasteiger partial charge is 0.496 e. The Morgan fingerprint density at radius 2 is 1.70 bits per heavy atom. The molecule has 2 aromatic rings. The van der Waals surface area contributed by atoms with E-state index >= 15 is 0 Å². The minimum Gasteiger partial charge on any atom is -0.496 e. The minimum absolute atomic E-state index is 0.243. The van der Waals surface area contributed by atoms with E-state index in [0.717, 1.165) is 22.3 Å². The van der Waals surface area contributed by atoms with Gasteiger partial charge < -0.3 is 14.6 Å². The van der Waals surface area contributed by atoms with Crippen LogP contribution in [0.15, 0.2) is 36.4 Å². The number of ether oxygens (including phenoxy) is 2. The van der Waals surface area contributed by atoms with Crippen LogP contribution in [0.1, 0.15) is 22.3 Å². The van der Waals surface area contributed by atoms with E-state index in [1.165, 1.54) is 0 Å². The van der Waals surface area contributed by atoms with Crippen LogP contribution in [0.2, 0.25) is 0 Å². The van der Waals surface area contributed by atoms with Gasteiger partial charge in [-0.15, -0.1) is 0 Å². The van der Waals surface area contributed by atoms with Crippen LogP contribution in [-0.2, 0) is 11.2 Å². The fourth-order valence-corrected chi connectivity index (χ4v) is 2.61. The number of hydrogen-bond acceptors (Lipinski definition) is 3. The molecule has 1 unspecified atom stereocenters. The third kappa shape index (κ3) is 4.49. The van der Waals surface area contributed by atoms with E-state index in [1.54, 1.807) is 7.11 Å². The summed E-state index contributed by atoms with van der Waals surface area (Å²) in [6.45, 7) is 5.88. The zero-order valence-corrected chi connectivity index (χ0v) is 13.9. The zero-order valence-electron chi connectivity index (χ0n) is 13.9. The van der Waals surface area contributed by atoms with Crippen molar-refractivity contribution in [3.63, 3.8) is 0 Å². The Bertz CT molecular complexity index is 686. The SMILES string of the molecule is COc1ccc(C)cc1CC(Oc1cc(C)cc(C)c1)C(=O)O. The van der Waals surface area contributed by atoms with Crippen molar-refractivity contribution in [3.05, 3.63) is 58.7 Å². The van der Waals surface area contributed by atoms with Crippen molar-refractivity contribution in [2.24, 2.45) is 0 Å². The molecule has 122 valence electrons. The Morgan fingerprint density at radius 1 is 1.04 bits per heavy atom. The number of hydrogen-bond donors (Lipinski definition) is 1. The van der Waals surface area contributed by atoms with Crippen molar-refractivity contribution in [1.29, 1.82) is 0 Å². The van der Waals surface area contributed by atoms with Crippen LogP contribution < -0.4 is 9.47 Å². The molecule has 0 radical (unpaired) electrons. The van der Waals surface area contributed by atoms with Gasteiger partial charge in [-0.2, -0.15) is 0 Å². The smallest absolute Gasteiger partial charge is 0.345 e. The van der Waals surface area contributed by atoms with Crippen LogP contribution in [0.4, 0.5) is 0 Å². The van der Waals surface area contributed by atoms with Crippen molar-refractivity contribution < 1.29 is 19.4 Å². The van der Waals surface area contributed by atoms with Crippen molar-refractivity contribution >= 4 is 5.97 Å². The van der Waals surface area contributed by atoms with E-state index < -0.39 is 12.1 Å². The molecule has 2 rings (SSSR count). The average Bonchev–Trinajstić information content (AvgIpc) is 2.45. The van der Waals surface area contributed by atoms with Crippen molar-refractivity contribution in [3.8, 4) is 11.5 Å². The zero-order chi connectivity index (χ0) is 17.0. The van der Waals surface area contributed by atoms with Crippen LogP contribution in [-0.4, -0.2) is 24.3 Å². The molecular formula is C19H22O4. The molecule has 0 aromatic heterocycles. The first-order valence-electron chi connectivity index (χ1n) is 7.50. The van der Waals surface area contributed by atoms with E-state index in [9.17, 15) is 9.90 Å². The highest BCUT2D eigenvalue weighted by Gasteiger charge is 2.22. The maximum atomic E-state index is 11.6. The van der Waals surface area contributed by atoms with Gasteiger partial charge in [0.15, 0.2) is 6.10 Å². The fraction of sp³-hybridized carbons (Fsp3) is 0.316. The van der Waals surface area contributed by atoms with E-state index in [1.807, 2.05) is 57.2 Å². The van der Waals surface area contributed by atoms with Gasteiger partial charge >= 0.3 is 5.97 Å². The van der Waals surface area contributed by atoms with Gasteiger partial charge in [-0.05, 0) is 55.7 Å². The number of carboxylic acid groups (broad SMARTS) is 1. The Labute approximate surface area is 136 Å². The number of aryl methyl sites for hydroxylation is 3. The van der Waals surface area contributed by atoms with Crippen LogP contribution in [0, 0.1) is 20.8 Å². The van der Waals surface area contributed by atoms with Crippen molar-refractivity contribution in [2.45, 2.75) is 33.3 Å². The Balaban J connectivity index is 2.26. The molecule has 0 amide bonds. The standard InChI is InChI=1S/C19H22O4/c1-12-5-6-17(22-4)15(8-12)11-18(19(20)21)23-16-9-13(2)7-14(3)10-16/h5-10,18H,11H2,1-4H3,(H,20,21). The molecule has 0 aliphatic heterocycles. The van der Waals surface area contributed by atoms with Crippen LogP contribution in [0.3, 0.4) is 0 Å². The second kappa shape index (κ2) is 7.18. The molecule has 1 N–H and O–H groups in total. The molecule has 0 aliphatic carbocycles. The second-order valence-electron chi connectivity index (χ2n) is 5.79. The summed E-state index contributed by atoms with van der Waals surface area (Å²) in [6.07, 6.45) is -0.723. The highest BCUT2D eigenvalue weighted by molar-refractivity contribution is 5.73. The number of carbonyl (C=O) groups is 1. The summed E-state index contributed by atoms with van der Waals surface area (Å²) < 4.78 is 11.0. The van der Waals surface area contributed by atoms with Crippen molar-refractivity contribution in [1.82, 2.24) is 0 Å². The maximum absolute atomic E-state index is 11.6. The lowest BCUT2D eigenvalue weighted by atomic mass is 10.0. The van der Waals surface area contributed by atoms with Crippen LogP contribution in [0.25, 0.3) is 0 Å². The third-order valence-corrected chi connectivity index (χ3v) is 3.59. The lowest BCUT2D eigenvalue weighted by Gasteiger charge is -2.18. The summed E-state index contributed by atoms with van der Waals surface area (Å²) in [5, 5.41) is 9.50. The number of rotatable bonds is 6. The van der Waals surface area contributed by atoms with Crippen LogP contribution >= 0.6 is 0 Å². The third-order valence-electron chi connectivity index (χ3n) is 3.59. The first-order valence-corrected chi connectivity index (χ1v) is 7.50. The fourth-order valence-electron chi connectivity index (χ4n) is 2.61. The highest BCUT2D eigenvalue weighted by atomic mass is 16.5. The van der Waals surface area contributed by atoms with E-state index in [-0.39, 0.29) is 6.42 Å². The number of methoxy groups -OCH3 is 1. The number of aliphatic carboxylic acids is 1. The molecule has 23 heavy (non-hydrogen) atoms. The summed E-state index contributed by atoms with van der Waals surface area (Å²) in [4.78, 5) is 11.6. The van der Waals surface area contributed by atoms with Gasteiger partial charge in [0, 0.05) is 6.42 Å². The highest BCUT2D eigenvalue weighted by Crippen LogP contribution is 2.24. The van der Waals surface area contributed by atoms with Gasteiger partial charge in [0.05, 0.1) is 7.11 Å². The summed E-state index contributed by atoms with van der Waals surface area (Å²) in [5.74, 6) is 0.250. The minimum atomic E-state index is -0.993.